The maximum atomic E-state index is 14.1. The van der Waals surface area contributed by atoms with Crippen LogP contribution < -0.4 is 16.3 Å². The highest BCUT2D eigenvalue weighted by Crippen LogP contribution is 2.28. The van der Waals surface area contributed by atoms with E-state index in [1.165, 1.54) is 10.6 Å². The average molecular weight is 370 g/mol. The Bertz CT molecular complexity index is 1220. The Balaban J connectivity index is 2.03. The van der Waals surface area contributed by atoms with Crippen molar-refractivity contribution in [2.24, 2.45) is 12.1 Å². The van der Waals surface area contributed by atoms with Crippen LogP contribution >= 0.6 is 0 Å². The number of hydrazone groups is 1. The summed E-state index contributed by atoms with van der Waals surface area (Å²) in [5, 5.41) is 5.99. The summed E-state index contributed by atoms with van der Waals surface area (Å²) in [7, 11) is 3.29. The second kappa shape index (κ2) is 5.90. The monoisotopic (exact) mass is 370 g/mol. The Labute approximate surface area is 153 Å². The highest BCUT2D eigenvalue weighted by atomic mass is 19.1. The van der Waals surface area contributed by atoms with E-state index in [2.05, 4.69) is 10.1 Å². The number of hydrogen-bond donors (Lipinski definition) is 0. The molecular weight excluding hydrogens is 351 g/mol. The molecule has 3 aromatic rings. The van der Waals surface area contributed by atoms with Crippen LogP contribution in [0.4, 0.5) is 10.3 Å². The third-order valence-corrected chi connectivity index (χ3v) is 5.03. The summed E-state index contributed by atoms with van der Waals surface area (Å²) in [6.45, 7) is 3.64. The number of halogens is 1. The van der Waals surface area contributed by atoms with Crippen molar-refractivity contribution in [3.05, 3.63) is 56.5 Å². The zero-order chi connectivity index (χ0) is 19.5. The van der Waals surface area contributed by atoms with E-state index in [0.717, 1.165) is 10.3 Å². The lowest BCUT2D eigenvalue weighted by Gasteiger charge is -2.26. The van der Waals surface area contributed by atoms with Gasteiger partial charge in [-0.15, -0.1) is 0 Å². The lowest BCUT2D eigenvalue weighted by atomic mass is 10.2. The van der Waals surface area contributed by atoms with Gasteiger partial charge in [0, 0.05) is 19.7 Å². The van der Waals surface area contributed by atoms with Crippen molar-refractivity contribution in [3.63, 3.8) is 0 Å². The lowest BCUT2D eigenvalue weighted by molar-refractivity contribution is 0.581. The van der Waals surface area contributed by atoms with E-state index >= 15 is 0 Å². The van der Waals surface area contributed by atoms with Gasteiger partial charge < -0.3 is 0 Å². The predicted molar refractivity (Wildman–Crippen MR) is 101 cm³/mol. The highest BCUT2D eigenvalue weighted by molar-refractivity contribution is 5.90. The summed E-state index contributed by atoms with van der Waals surface area (Å²) in [5.74, 6) is 0.0248. The summed E-state index contributed by atoms with van der Waals surface area (Å²) in [6.07, 6.45) is 0. The quantitative estimate of drug-likeness (QED) is 0.684. The van der Waals surface area contributed by atoms with Crippen LogP contribution in [0.2, 0.25) is 0 Å². The SMILES string of the molecule is CC1=NN(C)c2nc3c(c(=O)n(Cc4ccccc4F)c(=O)n3C)n2[C@H]1C. The maximum absolute atomic E-state index is 14.1. The topological polar surface area (TPSA) is 77.4 Å². The molecule has 0 bridgehead atoms. The summed E-state index contributed by atoms with van der Waals surface area (Å²) in [6, 6.07) is 5.92. The van der Waals surface area contributed by atoms with Crippen LogP contribution in [0, 0.1) is 5.82 Å². The average Bonchev–Trinajstić information content (AvgIpc) is 3.04. The third kappa shape index (κ3) is 2.42. The summed E-state index contributed by atoms with van der Waals surface area (Å²) in [4.78, 5) is 30.5. The number of aryl methyl sites for hydroxylation is 1. The molecule has 2 aromatic heterocycles. The minimum absolute atomic E-state index is 0.147. The molecule has 0 N–H and O–H groups in total. The fourth-order valence-corrected chi connectivity index (χ4v) is 3.41. The van der Waals surface area contributed by atoms with Gasteiger partial charge >= 0.3 is 5.69 Å². The van der Waals surface area contributed by atoms with Gasteiger partial charge in [0.05, 0.1) is 18.3 Å². The fraction of sp³-hybridized carbons (Fsp3) is 0.333. The standard InChI is InChI=1S/C18H19FN6O2/c1-10-11(2)25-14-15(20-17(25)23(4)21-10)22(3)18(27)24(16(14)26)9-12-7-5-6-8-13(12)19/h5-8,11H,9H2,1-4H3/t11-/m0/s1. The van der Waals surface area contributed by atoms with Gasteiger partial charge in [-0.3, -0.25) is 18.5 Å². The van der Waals surface area contributed by atoms with Crippen LogP contribution in [-0.2, 0) is 13.6 Å². The molecule has 0 saturated heterocycles. The summed E-state index contributed by atoms with van der Waals surface area (Å²) in [5.41, 5.74) is 0.644. The Morgan fingerprint density at radius 2 is 1.89 bits per heavy atom. The molecule has 27 heavy (non-hydrogen) atoms. The van der Waals surface area contributed by atoms with Crippen molar-refractivity contribution in [2.45, 2.75) is 26.4 Å². The van der Waals surface area contributed by atoms with Crippen LogP contribution in [0.25, 0.3) is 11.2 Å². The van der Waals surface area contributed by atoms with Gasteiger partial charge in [0.2, 0.25) is 5.95 Å². The van der Waals surface area contributed by atoms with Gasteiger partial charge in [-0.25, -0.2) is 14.2 Å². The van der Waals surface area contributed by atoms with Crippen molar-refractivity contribution in [1.82, 2.24) is 18.7 Å². The molecule has 1 aliphatic heterocycles. The van der Waals surface area contributed by atoms with Crippen molar-refractivity contribution in [3.8, 4) is 0 Å². The molecule has 0 amide bonds. The van der Waals surface area contributed by atoms with E-state index in [9.17, 15) is 14.0 Å². The minimum Gasteiger partial charge on any atom is -0.294 e. The zero-order valence-electron chi connectivity index (χ0n) is 15.5. The van der Waals surface area contributed by atoms with Crippen LogP contribution in [0.3, 0.4) is 0 Å². The van der Waals surface area contributed by atoms with Crippen molar-refractivity contribution >= 4 is 22.8 Å². The maximum Gasteiger partial charge on any atom is 0.332 e. The van der Waals surface area contributed by atoms with E-state index in [1.807, 2.05) is 13.8 Å². The van der Waals surface area contributed by atoms with Gasteiger partial charge in [-0.2, -0.15) is 10.1 Å². The molecule has 0 saturated carbocycles. The van der Waals surface area contributed by atoms with Crippen LogP contribution in [0.5, 0.6) is 0 Å². The van der Waals surface area contributed by atoms with Crippen LogP contribution in [-0.4, -0.2) is 31.4 Å². The van der Waals surface area contributed by atoms with E-state index in [4.69, 9.17) is 0 Å². The summed E-state index contributed by atoms with van der Waals surface area (Å²) < 4.78 is 18.2. The molecule has 1 aromatic carbocycles. The first kappa shape index (κ1) is 17.2. The first-order chi connectivity index (χ1) is 12.8. The minimum atomic E-state index is -0.542. The smallest absolute Gasteiger partial charge is 0.294 e. The van der Waals surface area contributed by atoms with Gasteiger partial charge in [-0.1, -0.05) is 18.2 Å². The molecule has 0 fully saturated rings. The molecule has 9 heteroatoms. The summed E-state index contributed by atoms with van der Waals surface area (Å²) >= 11 is 0. The number of hydrogen-bond acceptors (Lipinski definition) is 5. The first-order valence-corrected chi connectivity index (χ1v) is 8.55. The number of rotatable bonds is 2. The molecular formula is C18H19FN6O2. The third-order valence-electron chi connectivity index (χ3n) is 5.03. The van der Waals surface area contributed by atoms with E-state index in [-0.39, 0.29) is 23.8 Å². The Morgan fingerprint density at radius 1 is 1.19 bits per heavy atom. The zero-order valence-corrected chi connectivity index (χ0v) is 15.5. The second-order valence-corrected chi connectivity index (χ2v) is 6.72. The molecule has 0 aliphatic carbocycles. The Morgan fingerprint density at radius 3 is 2.59 bits per heavy atom. The van der Waals surface area contributed by atoms with E-state index in [1.54, 1.807) is 41.9 Å². The van der Waals surface area contributed by atoms with Gasteiger partial charge in [0.25, 0.3) is 5.56 Å². The number of imidazole rings is 1. The molecule has 0 unspecified atom stereocenters. The molecule has 0 spiro atoms. The molecule has 8 nitrogen and oxygen atoms in total. The number of anilines is 1. The van der Waals surface area contributed by atoms with E-state index < -0.39 is 17.1 Å². The molecule has 1 aliphatic rings. The van der Waals surface area contributed by atoms with Gasteiger partial charge in [-0.05, 0) is 19.9 Å². The molecule has 3 heterocycles. The van der Waals surface area contributed by atoms with Crippen LogP contribution in [0.15, 0.2) is 39.0 Å². The van der Waals surface area contributed by atoms with Crippen molar-refractivity contribution in [1.29, 1.82) is 0 Å². The second-order valence-electron chi connectivity index (χ2n) is 6.72. The van der Waals surface area contributed by atoms with E-state index in [0.29, 0.717) is 11.5 Å². The fourth-order valence-electron chi connectivity index (χ4n) is 3.41. The largest absolute Gasteiger partial charge is 0.332 e. The molecule has 0 radical (unpaired) electrons. The number of benzene rings is 1. The number of nitrogens with zero attached hydrogens (tertiary/aromatic N) is 6. The van der Waals surface area contributed by atoms with Crippen LogP contribution in [0.1, 0.15) is 25.5 Å². The molecule has 140 valence electrons. The van der Waals surface area contributed by atoms with Crippen molar-refractivity contribution < 1.29 is 4.39 Å². The predicted octanol–water partition coefficient (Wildman–Crippen LogP) is 1.47. The normalized spacial score (nSPS) is 16.6. The first-order valence-electron chi connectivity index (χ1n) is 8.55. The Hall–Kier alpha value is -3.23. The number of fused-ring (bicyclic) bond motifs is 3. The highest BCUT2D eigenvalue weighted by Gasteiger charge is 2.29. The molecule has 1 atom stereocenters. The number of aromatic nitrogens is 4. The lowest BCUT2D eigenvalue weighted by Crippen LogP contribution is -2.40. The van der Waals surface area contributed by atoms with Gasteiger partial charge in [0.1, 0.15) is 5.82 Å². The van der Waals surface area contributed by atoms with Gasteiger partial charge in [0.15, 0.2) is 11.2 Å². The Kier molecular flexibility index (Phi) is 3.76. The molecule has 4 rings (SSSR count). The van der Waals surface area contributed by atoms with Crippen molar-refractivity contribution in [2.75, 3.05) is 12.1 Å².